The number of hydrogen-bond donors (Lipinski definition) is 2. The van der Waals surface area contributed by atoms with E-state index in [4.69, 9.17) is 15.6 Å². The lowest BCUT2D eigenvalue weighted by Crippen LogP contribution is -2.06. The fourth-order valence-corrected chi connectivity index (χ4v) is 1.67. The van der Waals surface area contributed by atoms with Gasteiger partial charge in [-0.25, -0.2) is 9.18 Å². The third kappa shape index (κ3) is 3.01. The SMILES string of the molecule is Nc1cccc(C(=O)O)c1OCc1cccc(F)c1. The largest absolute Gasteiger partial charge is 0.486 e. The van der Waals surface area contributed by atoms with Gasteiger partial charge in [-0.3, -0.25) is 0 Å². The Morgan fingerprint density at radius 2 is 2.00 bits per heavy atom. The lowest BCUT2D eigenvalue weighted by Gasteiger charge is -2.11. The molecule has 19 heavy (non-hydrogen) atoms. The Morgan fingerprint density at radius 1 is 1.26 bits per heavy atom. The molecule has 5 heteroatoms. The minimum atomic E-state index is -1.12. The quantitative estimate of drug-likeness (QED) is 0.830. The molecule has 0 unspecified atom stereocenters. The molecule has 0 aromatic heterocycles. The van der Waals surface area contributed by atoms with Gasteiger partial charge in [-0.1, -0.05) is 18.2 Å². The van der Waals surface area contributed by atoms with Gasteiger partial charge in [-0.2, -0.15) is 0 Å². The van der Waals surface area contributed by atoms with Crippen LogP contribution in [-0.2, 0) is 6.61 Å². The molecule has 3 N–H and O–H groups in total. The first-order chi connectivity index (χ1) is 9.08. The van der Waals surface area contributed by atoms with Crippen LogP contribution in [0.4, 0.5) is 10.1 Å². The van der Waals surface area contributed by atoms with Crippen molar-refractivity contribution in [3.05, 3.63) is 59.4 Å². The van der Waals surface area contributed by atoms with Crippen LogP contribution in [0, 0.1) is 5.82 Å². The summed E-state index contributed by atoms with van der Waals surface area (Å²) in [6, 6.07) is 10.4. The van der Waals surface area contributed by atoms with Crippen molar-refractivity contribution in [2.75, 3.05) is 5.73 Å². The molecule has 2 rings (SSSR count). The maximum Gasteiger partial charge on any atom is 0.339 e. The molecule has 0 amide bonds. The molecular formula is C14H12FNO3. The number of halogens is 1. The van der Waals surface area contributed by atoms with Gasteiger partial charge in [0.1, 0.15) is 18.0 Å². The number of benzene rings is 2. The van der Waals surface area contributed by atoms with E-state index in [1.165, 1.54) is 24.3 Å². The minimum Gasteiger partial charge on any atom is -0.486 e. The second-order valence-electron chi connectivity index (χ2n) is 3.95. The smallest absolute Gasteiger partial charge is 0.339 e. The second-order valence-corrected chi connectivity index (χ2v) is 3.95. The van der Waals surface area contributed by atoms with Gasteiger partial charge in [-0.05, 0) is 29.8 Å². The standard InChI is InChI=1S/C14H12FNO3/c15-10-4-1-3-9(7-10)8-19-13-11(14(17)18)5-2-6-12(13)16/h1-7H,8,16H2,(H,17,18). The van der Waals surface area contributed by atoms with Gasteiger partial charge in [0.25, 0.3) is 0 Å². The number of anilines is 1. The molecule has 0 aliphatic rings. The fraction of sp³-hybridized carbons (Fsp3) is 0.0714. The van der Waals surface area contributed by atoms with E-state index in [1.54, 1.807) is 18.2 Å². The van der Waals surface area contributed by atoms with Crippen LogP contribution >= 0.6 is 0 Å². The first-order valence-electron chi connectivity index (χ1n) is 5.57. The Hall–Kier alpha value is -2.56. The van der Waals surface area contributed by atoms with Crippen molar-refractivity contribution in [1.82, 2.24) is 0 Å². The normalized spacial score (nSPS) is 10.2. The summed E-state index contributed by atoms with van der Waals surface area (Å²) in [5.41, 5.74) is 6.50. The molecule has 0 bridgehead atoms. The van der Waals surface area contributed by atoms with E-state index in [0.29, 0.717) is 5.56 Å². The van der Waals surface area contributed by atoms with E-state index in [2.05, 4.69) is 0 Å². The zero-order chi connectivity index (χ0) is 13.8. The summed E-state index contributed by atoms with van der Waals surface area (Å²) in [5, 5.41) is 9.04. The van der Waals surface area contributed by atoms with E-state index < -0.39 is 5.97 Å². The predicted molar refractivity (Wildman–Crippen MR) is 68.5 cm³/mol. The lowest BCUT2D eigenvalue weighted by atomic mass is 10.1. The molecule has 4 nitrogen and oxygen atoms in total. The van der Waals surface area contributed by atoms with Gasteiger partial charge in [0.15, 0.2) is 5.75 Å². The number of hydrogen-bond acceptors (Lipinski definition) is 3. The summed E-state index contributed by atoms with van der Waals surface area (Å²) in [5.74, 6) is -1.40. The fourth-order valence-electron chi connectivity index (χ4n) is 1.67. The van der Waals surface area contributed by atoms with Gasteiger partial charge in [0.2, 0.25) is 0 Å². The van der Waals surface area contributed by atoms with Crippen LogP contribution in [0.2, 0.25) is 0 Å². The highest BCUT2D eigenvalue weighted by Crippen LogP contribution is 2.27. The van der Waals surface area contributed by atoms with Gasteiger partial charge < -0.3 is 15.6 Å². The van der Waals surface area contributed by atoms with Crippen LogP contribution in [0.25, 0.3) is 0 Å². The highest BCUT2D eigenvalue weighted by Gasteiger charge is 2.14. The highest BCUT2D eigenvalue weighted by molar-refractivity contribution is 5.93. The topological polar surface area (TPSA) is 72.6 Å². The van der Waals surface area contributed by atoms with E-state index in [-0.39, 0.29) is 29.4 Å². The number of carboxylic acid groups (broad SMARTS) is 1. The Labute approximate surface area is 109 Å². The van der Waals surface area contributed by atoms with Crippen LogP contribution in [0.1, 0.15) is 15.9 Å². The number of carboxylic acids is 1. The van der Waals surface area contributed by atoms with Gasteiger partial charge in [-0.15, -0.1) is 0 Å². The van der Waals surface area contributed by atoms with Gasteiger partial charge in [0.05, 0.1) is 5.69 Å². The maximum atomic E-state index is 13.0. The third-order valence-corrected chi connectivity index (χ3v) is 2.55. The third-order valence-electron chi connectivity index (χ3n) is 2.55. The summed E-state index contributed by atoms with van der Waals surface area (Å²) < 4.78 is 18.4. The average Bonchev–Trinajstić information content (AvgIpc) is 2.37. The molecule has 2 aromatic rings. The van der Waals surface area contributed by atoms with Crippen molar-refractivity contribution < 1.29 is 19.0 Å². The van der Waals surface area contributed by atoms with Crippen LogP contribution in [-0.4, -0.2) is 11.1 Å². The number of nitrogen functional groups attached to an aromatic ring is 1. The zero-order valence-corrected chi connectivity index (χ0v) is 9.97. The molecule has 0 aliphatic carbocycles. The molecule has 98 valence electrons. The molecule has 0 spiro atoms. The molecular weight excluding hydrogens is 249 g/mol. The van der Waals surface area contributed by atoms with E-state index in [0.717, 1.165) is 0 Å². The average molecular weight is 261 g/mol. The summed E-state index contributed by atoms with van der Waals surface area (Å²) in [4.78, 5) is 11.0. The van der Waals surface area contributed by atoms with Gasteiger partial charge >= 0.3 is 5.97 Å². The van der Waals surface area contributed by atoms with E-state index in [1.807, 2.05) is 0 Å². The number of para-hydroxylation sites is 1. The van der Waals surface area contributed by atoms with E-state index in [9.17, 15) is 9.18 Å². The van der Waals surface area contributed by atoms with Crippen LogP contribution in [0.5, 0.6) is 5.75 Å². The molecule has 0 atom stereocenters. The van der Waals surface area contributed by atoms with Crippen molar-refractivity contribution in [3.63, 3.8) is 0 Å². The number of carbonyl (C=O) groups is 1. The summed E-state index contributed by atoms with van der Waals surface area (Å²) in [6.07, 6.45) is 0. The van der Waals surface area contributed by atoms with Crippen molar-refractivity contribution in [1.29, 1.82) is 0 Å². The maximum absolute atomic E-state index is 13.0. The first kappa shape index (κ1) is 12.9. The Balaban J connectivity index is 2.22. The van der Waals surface area contributed by atoms with Gasteiger partial charge in [0, 0.05) is 0 Å². The molecule has 0 radical (unpaired) electrons. The van der Waals surface area contributed by atoms with Crippen LogP contribution < -0.4 is 10.5 Å². The Kier molecular flexibility index (Phi) is 3.66. The number of rotatable bonds is 4. The van der Waals surface area contributed by atoms with Crippen molar-refractivity contribution >= 4 is 11.7 Å². The number of ether oxygens (including phenoxy) is 1. The molecule has 0 saturated carbocycles. The lowest BCUT2D eigenvalue weighted by molar-refractivity contribution is 0.0692. The Bertz CT molecular complexity index is 613. The first-order valence-corrected chi connectivity index (χ1v) is 5.57. The number of aromatic carboxylic acids is 1. The molecule has 0 heterocycles. The molecule has 0 saturated heterocycles. The molecule has 0 fully saturated rings. The highest BCUT2D eigenvalue weighted by atomic mass is 19.1. The van der Waals surface area contributed by atoms with Crippen LogP contribution in [0.15, 0.2) is 42.5 Å². The van der Waals surface area contributed by atoms with Crippen molar-refractivity contribution in [2.24, 2.45) is 0 Å². The zero-order valence-electron chi connectivity index (χ0n) is 9.97. The monoisotopic (exact) mass is 261 g/mol. The summed E-state index contributed by atoms with van der Waals surface area (Å²) in [7, 11) is 0. The number of nitrogens with two attached hydrogens (primary N) is 1. The minimum absolute atomic E-state index is 0.0172. The predicted octanol–water partition coefficient (Wildman–Crippen LogP) is 2.69. The summed E-state index contributed by atoms with van der Waals surface area (Å²) >= 11 is 0. The molecule has 0 aliphatic heterocycles. The van der Waals surface area contributed by atoms with E-state index >= 15 is 0 Å². The molecule has 2 aromatic carbocycles. The van der Waals surface area contributed by atoms with Crippen LogP contribution in [0.3, 0.4) is 0 Å². The van der Waals surface area contributed by atoms with Crippen molar-refractivity contribution in [2.45, 2.75) is 6.61 Å². The summed E-state index contributed by atoms with van der Waals surface area (Å²) in [6.45, 7) is 0.0479. The Morgan fingerprint density at radius 3 is 2.68 bits per heavy atom. The second kappa shape index (κ2) is 5.39. The van der Waals surface area contributed by atoms with Crippen molar-refractivity contribution in [3.8, 4) is 5.75 Å².